The Morgan fingerprint density at radius 3 is 2.80 bits per heavy atom. The van der Waals surface area contributed by atoms with E-state index in [0.717, 1.165) is 64.2 Å². The van der Waals surface area contributed by atoms with Crippen LogP contribution in [0.3, 0.4) is 0 Å². The molecule has 0 aromatic carbocycles. The summed E-state index contributed by atoms with van der Waals surface area (Å²) in [6, 6.07) is 0.310. The van der Waals surface area contributed by atoms with Crippen molar-refractivity contribution in [3.63, 3.8) is 0 Å². The van der Waals surface area contributed by atoms with Gasteiger partial charge in [0.2, 0.25) is 11.8 Å². The largest absolute Gasteiger partial charge is 0.370 e. The molecule has 0 radical (unpaired) electrons. The first-order valence-electron chi connectivity index (χ1n) is 9.58. The number of nitrogens with two attached hydrogens (primary N) is 1. The van der Waals surface area contributed by atoms with Crippen LogP contribution in [0.15, 0.2) is 4.99 Å². The lowest BCUT2D eigenvalue weighted by molar-refractivity contribution is -0.129. The predicted molar refractivity (Wildman–Crippen MR) is 99.1 cm³/mol. The second-order valence-electron chi connectivity index (χ2n) is 7.14. The summed E-state index contributed by atoms with van der Waals surface area (Å²) in [4.78, 5) is 31.8. The third-order valence-electron chi connectivity index (χ3n) is 5.30. The molecule has 0 bridgehead atoms. The number of likely N-dealkylation sites (tertiary alicyclic amines) is 2. The summed E-state index contributed by atoms with van der Waals surface area (Å²) < 4.78 is 0. The summed E-state index contributed by atoms with van der Waals surface area (Å²) in [6.45, 7) is 5.62. The predicted octanol–water partition coefficient (Wildman–Crippen LogP) is 0.940. The number of guanidine groups is 1. The second-order valence-corrected chi connectivity index (χ2v) is 7.14. The maximum Gasteiger partial charge on any atom is 0.222 e. The number of piperidine rings is 1. The number of carbonyl (C=O) groups excluding carboxylic acids is 2. The molecule has 142 valence electrons. The van der Waals surface area contributed by atoms with Gasteiger partial charge in [0, 0.05) is 52.1 Å². The quantitative estimate of drug-likeness (QED) is 0.527. The van der Waals surface area contributed by atoms with E-state index in [4.69, 9.17) is 5.73 Å². The fourth-order valence-electron chi connectivity index (χ4n) is 4.03. The summed E-state index contributed by atoms with van der Waals surface area (Å²) in [5.41, 5.74) is 5.34. The molecule has 25 heavy (non-hydrogen) atoms. The Balaban J connectivity index is 1.81. The number of carbonyl (C=O) groups is 2. The first kappa shape index (κ1) is 19.5. The van der Waals surface area contributed by atoms with E-state index >= 15 is 0 Å². The van der Waals surface area contributed by atoms with Crippen LogP contribution in [0.4, 0.5) is 0 Å². The van der Waals surface area contributed by atoms with Gasteiger partial charge in [-0.15, -0.1) is 0 Å². The Bertz CT molecular complexity index is 494. The third kappa shape index (κ3) is 5.61. The normalized spacial score (nSPS) is 23.0. The van der Waals surface area contributed by atoms with E-state index in [0.29, 0.717) is 30.7 Å². The Morgan fingerprint density at radius 1 is 1.40 bits per heavy atom. The molecule has 0 saturated carbocycles. The minimum absolute atomic E-state index is 0.226. The zero-order valence-corrected chi connectivity index (χ0v) is 15.7. The Morgan fingerprint density at radius 2 is 2.20 bits per heavy atom. The lowest BCUT2D eigenvalue weighted by atomic mass is 9.95. The van der Waals surface area contributed by atoms with E-state index in [2.05, 4.69) is 22.1 Å². The maximum atomic E-state index is 11.9. The lowest BCUT2D eigenvalue weighted by Gasteiger charge is -2.35. The van der Waals surface area contributed by atoms with Crippen molar-refractivity contribution in [1.82, 2.24) is 15.1 Å². The molecule has 7 heteroatoms. The summed E-state index contributed by atoms with van der Waals surface area (Å²) in [5, 5.41) is 3.44. The number of aliphatic imine (C=N–C) groups is 1. The Hall–Kier alpha value is -1.79. The minimum atomic E-state index is -0.226. The molecule has 2 atom stereocenters. The number of amides is 2. The molecule has 2 saturated heterocycles. The highest BCUT2D eigenvalue weighted by molar-refractivity contribution is 5.80. The number of primary amides is 1. The van der Waals surface area contributed by atoms with Crippen LogP contribution in [0.2, 0.25) is 0 Å². The molecule has 2 heterocycles. The monoisotopic (exact) mass is 351 g/mol. The van der Waals surface area contributed by atoms with Gasteiger partial charge < -0.3 is 20.9 Å². The maximum absolute atomic E-state index is 11.9. The smallest absolute Gasteiger partial charge is 0.222 e. The number of nitrogens with one attached hydrogen (secondary N) is 1. The van der Waals surface area contributed by atoms with E-state index in [1.807, 2.05) is 4.90 Å². The van der Waals surface area contributed by atoms with E-state index < -0.39 is 0 Å². The van der Waals surface area contributed by atoms with Gasteiger partial charge in [-0.25, -0.2) is 0 Å². The molecule has 2 amide bonds. The van der Waals surface area contributed by atoms with Crippen molar-refractivity contribution < 1.29 is 9.59 Å². The molecule has 2 aliphatic rings. The molecule has 0 aromatic rings. The van der Waals surface area contributed by atoms with Gasteiger partial charge in [0.15, 0.2) is 5.96 Å². The molecule has 2 fully saturated rings. The molecule has 3 N–H and O–H groups in total. The summed E-state index contributed by atoms with van der Waals surface area (Å²) in [7, 11) is 1.79. The zero-order chi connectivity index (χ0) is 18.2. The first-order valence-corrected chi connectivity index (χ1v) is 9.58. The molecule has 2 unspecified atom stereocenters. The van der Waals surface area contributed by atoms with Gasteiger partial charge in [-0.1, -0.05) is 6.92 Å². The molecule has 2 rings (SSSR count). The average molecular weight is 351 g/mol. The van der Waals surface area contributed by atoms with Crippen LogP contribution in [0, 0.1) is 5.92 Å². The van der Waals surface area contributed by atoms with E-state index in [1.165, 1.54) is 0 Å². The number of nitrogens with zero attached hydrogens (tertiary/aromatic N) is 3. The summed E-state index contributed by atoms with van der Waals surface area (Å²) in [5.74, 6) is 1.27. The number of hydrogen-bond donors (Lipinski definition) is 2. The first-order chi connectivity index (χ1) is 12.0. The van der Waals surface area contributed by atoms with Crippen LogP contribution >= 0.6 is 0 Å². The van der Waals surface area contributed by atoms with E-state index in [1.54, 1.807) is 7.05 Å². The van der Waals surface area contributed by atoms with Crippen LogP contribution in [0.1, 0.15) is 51.9 Å². The van der Waals surface area contributed by atoms with Gasteiger partial charge >= 0.3 is 0 Å². The van der Waals surface area contributed by atoms with Gasteiger partial charge in [0.05, 0.1) is 0 Å². The molecule has 0 spiro atoms. The van der Waals surface area contributed by atoms with Crippen molar-refractivity contribution in [2.75, 3.05) is 33.2 Å². The highest BCUT2D eigenvalue weighted by Gasteiger charge is 2.27. The zero-order valence-electron chi connectivity index (χ0n) is 15.7. The Kier molecular flexibility index (Phi) is 7.52. The SMILES string of the molecule is CCC(CCNC(=NC)N1CCCC(CC(N)=O)C1)N1CCCC1=O. The summed E-state index contributed by atoms with van der Waals surface area (Å²) in [6.07, 6.45) is 6.14. The van der Waals surface area contributed by atoms with Crippen LogP contribution < -0.4 is 11.1 Å². The molecular formula is C18H33N5O2. The second kappa shape index (κ2) is 9.63. The lowest BCUT2D eigenvalue weighted by Crippen LogP contribution is -2.48. The topological polar surface area (TPSA) is 91.0 Å². The minimum Gasteiger partial charge on any atom is -0.370 e. The number of rotatable bonds is 7. The van der Waals surface area contributed by atoms with Crippen molar-refractivity contribution in [1.29, 1.82) is 0 Å². The van der Waals surface area contributed by atoms with Gasteiger partial charge in [-0.3, -0.25) is 14.6 Å². The number of hydrogen-bond acceptors (Lipinski definition) is 3. The highest BCUT2D eigenvalue weighted by Crippen LogP contribution is 2.20. The van der Waals surface area contributed by atoms with Crippen LogP contribution in [0.5, 0.6) is 0 Å². The fraction of sp³-hybridized carbons (Fsp3) is 0.833. The standard InChI is InChI=1S/C18H33N5O2/c1-3-15(23-11-5-7-17(23)25)8-9-21-18(20-2)22-10-4-6-14(13-22)12-16(19)24/h14-15H,3-13H2,1-2H3,(H2,19,24)(H,20,21). The summed E-state index contributed by atoms with van der Waals surface area (Å²) >= 11 is 0. The van der Waals surface area contributed by atoms with Crippen molar-refractivity contribution >= 4 is 17.8 Å². The van der Waals surface area contributed by atoms with E-state index in [-0.39, 0.29) is 5.91 Å². The van der Waals surface area contributed by atoms with Crippen molar-refractivity contribution in [3.05, 3.63) is 0 Å². The van der Waals surface area contributed by atoms with Crippen molar-refractivity contribution in [2.24, 2.45) is 16.6 Å². The third-order valence-corrected chi connectivity index (χ3v) is 5.30. The molecule has 0 aliphatic carbocycles. The van der Waals surface area contributed by atoms with Crippen molar-refractivity contribution in [3.8, 4) is 0 Å². The average Bonchev–Trinajstić information content (AvgIpc) is 3.01. The van der Waals surface area contributed by atoms with Gasteiger partial charge in [-0.05, 0) is 38.0 Å². The fourth-order valence-corrected chi connectivity index (χ4v) is 4.03. The van der Waals surface area contributed by atoms with Gasteiger partial charge in [0.1, 0.15) is 0 Å². The molecular weight excluding hydrogens is 318 g/mol. The van der Waals surface area contributed by atoms with Crippen LogP contribution in [-0.2, 0) is 9.59 Å². The van der Waals surface area contributed by atoms with E-state index in [9.17, 15) is 9.59 Å². The van der Waals surface area contributed by atoms with Crippen molar-refractivity contribution in [2.45, 2.75) is 57.9 Å². The Labute approximate surface area is 151 Å². The molecule has 7 nitrogen and oxygen atoms in total. The van der Waals surface area contributed by atoms with Crippen LogP contribution in [0.25, 0.3) is 0 Å². The van der Waals surface area contributed by atoms with Crippen LogP contribution in [-0.4, -0.2) is 66.8 Å². The van der Waals surface area contributed by atoms with Gasteiger partial charge in [-0.2, -0.15) is 0 Å². The highest BCUT2D eigenvalue weighted by atomic mass is 16.2. The molecule has 0 aromatic heterocycles. The van der Waals surface area contributed by atoms with Gasteiger partial charge in [0.25, 0.3) is 0 Å². The molecule has 2 aliphatic heterocycles.